The van der Waals surface area contributed by atoms with Crippen LogP contribution in [0.4, 0.5) is 0 Å². The first-order valence-corrected chi connectivity index (χ1v) is 12.7. The highest BCUT2D eigenvalue weighted by atomic mass is 32.2. The standard InChI is InChI=1S/C25H32N2O11S/c1-13(28)27-21-19(35-15(3)30)11-25(24(26)33,39-18-9-7-6-8-10-18)38-23(21)22(37-17(5)32)20(36-16(4)31)12-34-14(2)29/h6-10,19-23H,11-12H2,1-5H3,(H2,26,33)(H,27,28)/t19-,20+,21+,22+,23+,25+/m0/s1. The van der Waals surface area contributed by atoms with Crippen LogP contribution in [0.2, 0.25) is 0 Å². The van der Waals surface area contributed by atoms with E-state index in [4.69, 9.17) is 29.4 Å². The molecule has 1 aromatic rings. The lowest BCUT2D eigenvalue weighted by atomic mass is 9.89. The largest absolute Gasteiger partial charge is 0.462 e. The summed E-state index contributed by atoms with van der Waals surface area (Å²) in [5.74, 6) is -4.64. The minimum absolute atomic E-state index is 0.294. The number of thioether (sulfide) groups is 1. The van der Waals surface area contributed by atoms with Crippen molar-refractivity contribution in [3.8, 4) is 0 Å². The molecule has 0 spiro atoms. The van der Waals surface area contributed by atoms with Crippen molar-refractivity contribution < 1.29 is 52.5 Å². The van der Waals surface area contributed by atoms with Gasteiger partial charge < -0.3 is 34.7 Å². The maximum absolute atomic E-state index is 13.0. The van der Waals surface area contributed by atoms with Crippen LogP contribution in [0.5, 0.6) is 0 Å². The summed E-state index contributed by atoms with van der Waals surface area (Å²) in [7, 11) is 0. The third kappa shape index (κ3) is 9.25. The predicted molar refractivity (Wildman–Crippen MR) is 135 cm³/mol. The number of primary amides is 1. The summed E-state index contributed by atoms with van der Waals surface area (Å²) in [6.45, 7) is 5.04. The van der Waals surface area contributed by atoms with Crippen LogP contribution in [-0.4, -0.2) is 77.7 Å². The number of rotatable bonds is 11. The molecule has 2 amide bonds. The van der Waals surface area contributed by atoms with Crippen molar-refractivity contribution in [3.63, 3.8) is 0 Å². The van der Waals surface area contributed by atoms with Gasteiger partial charge in [-0.25, -0.2) is 0 Å². The smallest absolute Gasteiger partial charge is 0.303 e. The van der Waals surface area contributed by atoms with Gasteiger partial charge in [0.15, 0.2) is 12.2 Å². The van der Waals surface area contributed by atoms with Crippen LogP contribution >= 0.6 is 11.8 Å². The van der Waals surface area contributed by atoms with Gasteiger partial charge in [-0.2, -0.15) is 0 Å². The molecule has 1 fully saturated rings. The molecule has 1 saturated heterocycles. The second-order valence-corrected chi connectivity index (χ2v) is 10.1. The van der Waals surface area contributed by atoms with E-state index in [2.05, 4.69) is 5.32 Å². The SMILES string of the molecule is CC(=O)N[C@H]1[C@H]([C@H](OC(C)=O)[C@@H](COC(C)=O)OC(C)=O)O[C@](Sc2ccccc2)(C(N)=O)C[C@@H]1OC(C)=O. The van der Waals surface area contributed by atoms with Gasteiger partial charge in [0.1, 0.15) is 18.8 Å². The molecule has 13 nitrogen and oxygen atoms in total. The Morgan fingerprint density at radius 1 is 0.974 bits per heavy atom. The molecule has 3 N–H and O–H groups in total. The van der Waals surface area contributed by atoms with Crippen molar-refractivity contribution in [2.75, 3.05) is 6.61 Å². The quantitative estimate of drug-likeness (QED) is 0.280. The lowest BCUT2D eigenvalue weighted by Gasteiger charge is -2.48. The first-order valence-electron chi connectivity index (χ1n) is 11.9. The van der Waals surface area contributed by atoms with Gasteiger partial charge >= 0.3 is 23.9 Å². The summed E-state index contributed by atoms with van der Waals surface area (Å²) in [4.78, 5) is 71.7. The zero-order valence-corrected chi connectivity index (χ0v) is 23.0. The fourth-order valence-electron chi connectivity index (χ4n) is 4.06. The number of hydrogen-bond acceptors (Lipinski definition) is 12. The summed E-state index contributed by atoms with van der Waals surface area (Å²) in [5.41, 5.74) is 5.83. The molecule has 214 valence electrons. The van der Waals surface area contributed by atoms with Crippen LogP contribution in [0.25, 0.3) is 0 Å². The highest BCUT2D eigenvalue weighted by Crippen LogP contribution is 2.45. The molecule has 0 bridgehead atoms. The van der Waals surface area contributed by atoms with E-state index in [1.807, 2.05) is 0 Å². The van der Waals surface area contributed by atoms with E-state index >= 15 is 0 Å². The van der Waals surface area contributed by atoms with Crippen molar-refractivity contribution in [2.24, 2.45) is 5.73 Å². The van der Waals surface area contributed by atoms with Crippen LogP contribution in [0.15, 0.2) is 35.2 Å². The predicted octanol–water partition coefficient (Wildman–Crippen LogP) is 0.612. The van der Waals surface area contributed by atoms with Crippen molar-refractivity contribution >= 4 is 47.5 Å². The molecule has 0 unspecified atom stereocenters. The summed E-state index contributed by atoms with van der Waals surface area (Å²) in [5, 5.41) is 2.61. The Morgan fingerprint density at radius 2 is 1.59 bits per heavy atom. The molecule has 1 aromatic carbocycles. The first-order chi connectivity index (χ1) is 18.2. The Balaban J connectivity index is 2.72. The molecule has 0 aromatic heterocycles. The monoisotopic (exact) mass is 568 g/mol. The zero-order chi connectivity index (χ0) is 29.3. The summed E-state index contributed by atoms with van der Waals surface area (Å²) in [6.07, 6.45) is -5.99. The lowest BCUT2D eigenvalue weighted by molar-refractivity contribution is -0.218. The fourth-order valence-corrected chi connectivity index (χ4v) is 5.24. The van der Waals surface area contributed by atoms with Crippen molar-refractivity contribution in [1.29, 1.82) is 0 Å². The molecule has 39 heavy (non-hydrogen) atoms. The molecule has 0 radical (unpaired) electrons. The van der Waals surface area contributed by atoms with E-state index in [1.54, 1.807) is 30.3 Å². The first kappa shape index (κ1) is 31.6. The third-order valence-corrected chi connectivity index (χ3v) is 6.70. The van der Waals surface area contributed by atoms with E-state index in [1.165, 1.54) is 6.92 Å². The molecular formula is C25H32N2O11S. The van der Waals surface area contributed by atoms with Crippen LogP contribution < -0.4 is 11.1 Å². The Kier molecular flexibility index (Phi) is 11.3. The third-order valence-electron chi connectivity index (χ3n) is 5.40. The number of esters is 4. The van der Waals surface area contributed by atoms with Crippen LogP contribution in [0, 0.1) is 0 Å². The molecule has 0 saturated carbocycles. The van der Waals surface area contributed by atoms with Gasteiger partial charge in [-0.15, -0.1) is 0 Å². The summed E-state index contributed by atoms with van der Waals surface area (Å²) in [6, 6.07) is 7.38. The molecule has 1 heterocycles. The second kappa shape index (κ2) is 13.9. The molecule has 2 rings (SSSR count). The van der Waals surface area contributed by atoms with Gasteiger partial charge in [0, 0.05) is 45.9 Å². The number of amides is 2. The Hall–Kier alpha value is -3.65. The molecular weight excluding hydrogens is 536 g/mol. The Bertz CT molecular complexity index is 1080. The van der Waals surface area contributed by atoms with Gasteiger partial charge in [0.05, 0.1) is 6.04 Å². The maximum Gasteiger partial charge on any atom is 0.303 e. The fraction of sp³-hybridized carbons (Fsp3) is 0.520. The summed E-state index contributed by atoms with van der Waals surface area (Å²) < 4.78 is 27.6. The van der Waals surface area contributed by atoms with Gasteiger partial charge in [-0.1, -0.05) is 30.0 Å². The second-order valence-electron chi connectivity index (χ2n) is 8.72. The van der Waals surface area contributed by atoms with E-state index in [9.17, 15) is 28.8 Å². The number of nitrogens with one attached hydrogen (secondary N) is 1. The minimum Gasteiger partial charge on any atom is -0.462 e. The molecule has 0 aliphatic carbocycles. The van der Waals surface area contributed by atoms with E-state index in [-0.39, 0.29) is 6.42 Å². The molecule has 1 aliphatic heterocycles. The number of benzene rings is 1. The zero-order valence-electron chi connectivity index (χ0n) is 22.2. The van der Waals surface area contributed by atoms with Crippen LogP contribution in [0.1, 0.15) is 41.0 Å². The highest BCUT2D eigenvalue weighted by Gasteiger charge is 2.57. The topological polar surface area (TPSA) is 187 Å². The summed E-state index contributed by atoms with van der Waals surface area (Å²) >= 11 is 0.921. The number of hydrogen-bond donors (Lipinski definition) is 2. The number of ether oxygens (including phenoxy) is 5. The maximum atomic E-state index is 13.0. The normalized spacial score (nSPS) is 23.9. The van der Waals surface area contributed by atoms with Crippen LogP contribution in [-0.2, 0) is 52.5 Å². The van der Waals surface area contributed by atoms with E-state index in [0.717, 1.165) is 39.5 Å². The van der Waals surface area contributed by atoms with Crippen molar-refractivity contribution in [1.82, 2.24) is 5.32 Å². The van der Waals surface area contributed by atoms with E-state index < -0.39 is 77.7 Å². The minimum atomic E-state index is -1.90. The number of carbonyl (C=O) groups is 6. The lowest BCUT2D eigenvalue weighted by Crippen LogP contribution is -2.68. The average molecular weight is 569 g/mol. The molecule has 6 atom stereocenters. The van der Waals surface area contributed by atoms with E-state index in [0.29, 0.717) is 4.90 Å². The number of carbonyl (C=O) groups excluding carboxylic acids is 6. The van der Waals surface area contributed by atoms with Crippen molar-refractivity contribution in [3.05, 3.63) is 30.3 Å². The Labute approximate surface area is 229 Å². The van der Waals surface area contributed by atoms with Gasteiger partial charge in [0.25, 0.3) is 5.91 Å². The van der Waals surface area contributed by atoms with Gasteiger partial charge in [-0.3, -0.25) is 28.8 Å². The average Bonchev–Trinajstić information content (AvgIpc) is 2.81. The number of nitrogens with two attached hydrogens (primary N) is 1. The van der Waals surface area contributed by atoms with Gasteiger partial charge in [-0.05, 0) is 12.1 Å². The van der Waals surface area contributed by atoms with Gasteiger partial charge in [0.2, 0.25) is 10.8 Å². The van der Waals surface area contributed by atoms with Crippen molar-refractivity contribution in [2.45, 2.75) is 81.3 Å². The van der Waals surface area contributed by atoms with Crippen LogP contribution in [0.3, 0.4) is 0 Å². The molecule has 1 aliphatic rings. The Morgan fingerprint density at radius 3 is 2.08 bits per heavy atom. The highest BCUT2D eigenvalue weighted by molar-refractivity contribution is 8.01. The molecule has 14 heteroatoms.